The molecule has 0 unspecified atom stereocenters. The summed E-state index contributed by atoms with van der Waals surface area (Å²) in [6.07, 6.45) is 0. The van der Waals surface area contributed by atoms with Gasteiger partial charge < -0.3 is 10.2 Å². The van der Waals surface area contributed by atoms with E-state index in [0.717, 1.165) is 23.0 Å². The molecule has 0 aliphatic rings. The molecule has 0 bridgehead atoms. The van der Waals surface area contributed by atoms with Gasteiger partial charge in [-0.3, -0.25) is 10.1 Å². The molecule has 0 radical (unpaired) electrons. The number of phenols is 2. The summed E-state index contributed by atoms with van der Waals surface area (Å²) in [5.74, 6) is -0.751. The van der Waals surface area contributed by atoms with E-state index in [9.17, 15) is 15.0 Å². The molecule has 0 atom stereocenters. The van der Waals surface area contributed by atoms with Crippen LogP contribution in [-0.4, -0.2) is 35.7 Å². The minimum absolute atomic E-state index is 0.0860. The van der Waals surface area contributed by atoms with Crippen LogP contribution < -0.4 is 5.32 Å². The fourth-order valence-corrected chi connectivity index (χ4v) is 2.69. The van der Waals surface area contributed by atoms with Gasteiger partial charge in [-0.25, -0.2) is 4.98 Å². The smallest absolute Gasteiger partial charge is 0.258 e. The van der Waals surface area contributed by atoms with E-state index in [2.05, 4.69) is 20.4 Å². The molecule has 2 aromatic heterocycles. The highest BCUT2D eigenvalue weighted by Crippen LogP contribution is 2.25. The van der Waals surface area contributed by atoms with Gasteiger partial charge in [-0.2, -0.15) is 9.50 Å². The Morgan fingerprint density at radius 1 is 1.00 bits per heavy atom. The average Bonchev–Trinajstić information content (AvgIpc) is 3.06. The Bertz CT molecular complexity index is 1150. The Morgan fingerprint density at radius 3 is 2.52 bits per heavy atom. The third-order valence-corrected chi connectivity index (χ3v) is 3.97. The van der Waals surface area contributed by atoms with Crippen LogP contribution in [-0.2, 0) is 0 Å². The molecule has 0 aliphatic carbocycles. The lowest BCUT2D eigenvalue weighted by molar-refractivity contribution is 0.102. The van der Waals surface area contributed by atoms with Crippen LogP contribution in [0.2, 0.25) is 0 Å². The third kappa shape index (κ3) is 3.15. The number of phenolic OH excluding ortho intramolecular Hbond substituents is 2. The second-order valence-electron chi connectivity index (χ2n) is 5.95. The van der Waals surface area contributed by atoms with E-state index >= 15 is 0 Å². The number of aromatic hydroxyl groups is 2. The summed E-state index contributed by atoms with van der Waals surface area (Å²) >= 11 is 0. The summed E-state index contributed by atoms with van der Waals surface area (Å²) in [5, 5.41) is 25.8. The molecule has 3 N–H and O–H groups in total. The van der Waals surface area contributed by atoms with Crippen LogP contribution in [0.5, 0.6) is 11.5 Å². The predicted molar refractivity (Wildman–Crippen MR) is 98.7 cm³/mol. The van der Waals surface area contributed by atoms with Gasteiger partial charge in [-0.15, -0.1) is 5.10 Å². The number of rotatable bonds is 3. The average molecular weight is 361 g/mol. The van der Waals surface area contributed by atoms with Gasteiger partial charge in [0.05, 0.1) is 5.69 Å². The highest BCUT2D eigenvalue weighted by Gasteiger charge is 2.15. The minimum Gasteiger partial charge on any atom is -0.504 e. The number of amides is 1. The first-order valence-corrected chi connectivity index (χ1v) is 8.14. The van der Waals surface area contributed by atoms with Crippen LogP contribution in [0.1, 0.15) is 16.1 Å². The normalized spacial score (nSPS) is 10.9. The van der Waals surface area contributed by atoms with E-state index in [-0.39, 0.29) is 23.0 Å². The highest BCUT2D eigenvalue weighted by molar-refractivity contribution is 6.03. The number of hydrogen-bond donors (Lipinski definition) is 3. The largest absolute Gasteiger partial charge is 0.504 e. The first-order chi connectivity index (χ1) is 13.0. The molecular formula is C19H15N5O3. The predicted octanol–water partition coefficient (Wildman–Crippen LogP) is 2.76. The van der Waals surface area contributed by atoms with E-state index in [1.165, 1.54) is 12.1 Å². The zero-order valence-corrected chi connectivity index (χ0v) is 14.3. The van der Waals surface area contributed by atoms with E-state index in [1.54, 1.807) is 4.52 Å². The topological polar surface area (TPSA) is 113 Å². The number of benzene rings is 2. The zero-order chi connectivity index (χ0) is 19.0. The monoisotopic (exact) mass is 361 g/mol. The molecule has 0 saturated carbocycles. The van der Waals surface area contributed by atoms with Gasteiger partial charge in [0, 0.05) is 16.8 Å². The lowest BCUT2D eigenvalue weighted by Crippen LogP contribution is -2.13. The molecule has 2 heterocycles. The van der Waals surface area contributed by atoms with Gasteiger partial charge in [0.2, 0.25) is 0 Å². The van der Waals surface area contributed by atoms with Crippen molar-refractivity contribution < 1.29 is 15.0 Å². The maximum Gasteiger partial charge on any atom is 0.258 e. The number of carbonyl (C=O) groups is 1. The second-order valence-corrected chi connectivity index (χ2v) is 5.95. The first kappa shape index (κ1) is 16.5. The third-order valence-electron chi connectivity index (χ3n) is 3.97. The van der Waals surface area contributed by atoms with E-state index in [1.807, 2.05) is 43.3 Å². The summed E-state index contributed by atoms with van der Waals surface area (Å²) in [4.78, 5) is 21.0. The van der Waals surface area contributed by atoms with Gasteiger partial charge >= 0.3 is 0 Å². The van der Waals surface area contributed by atoms with E-state index in [4.69, 9.17) is 0 Å². The van der Waals surface area contributed by atoms with Gasteiger partial charge in [0.25, 0.3) is 17.6 Å². The van der Waals surface area contributed by atoms with Gasteiger partial charge in [-0.05, 0) is 31.2 Å². The Hall–Kier alpha value is -3.94. The number of hydrogen-bond acceptors (Lipinski definition) is 6. The molecule has 0 spiro atoms. The van der Waals surface area contributed by atoms with Gasteiger partial charge in [0.15, 0.2) is 11.5 Å². The number of carbonyl (C=O) groups excluding carboxylic acids is 1. The molecule has 0 saturated heterocycles. The lowest BCUT2D eigenvalue weighted by atomic mass is 10.1. The van der Waals surface area contributed by atoms with Crippen molar-refractivity contribution in [2.75, 3.05) is 5.32 Å². The second kappa shape index (κ2) is 6.41. The van der Waals surface area contributed by atoms with Crippen molar-refractivity contribution >= 4 is 17.6 Å². The molecule has 2 aromatic carbocycles. The molecule has 0 fully saturated rings. The summed E-state index contributed by atoms with van der Waals surface area (Å²) in [6.45, 7) is 1.86. The lowest BCUT2D eigenvalue weighted by Gasteiger charge is -2.05. The van der Waals surface area contributed by atoms with Crippen LogP contribution in [0.3, 0.4) is 0 Å². The summed E-state index contributed by atoms with van der Waals surface area (Å²) in [5.41, 5.74) is 2.68. The molecule has 0 aliphatic heterocycles. The maximum absolute atomic E-state index is 12.4. The summed E-state index contributed by atoms with van der Waals surface area (Å²) in [7, 11) is 0. The van der Waals surface area contributed by atoms with Crippen molar-refractivity contribution in [1.29, 1.82) is 0 Å². The molecule has 8 heteroatoms. The van der Waals surface area contributed by atoms with Crippen molar-refractivity contribution in [3.8, 4) is 22.8 Å². The number of aromatic nitrogens is 4. The Kier molecular flexibility index (Phi) is 3.92. The molecule has 134 valence electrons. The van der Waals surface area contributed by atoms with Crippen LogP contribution in [0.15, 0.2) is 54.6 Å². The van der Waals surface area contributed by atoms with Crippen molar-refractivity contribution in [3.63, 3.8) is 0 Å². The van der Waals surface area contributed by atoms with Crippen LogP contribution in [0, 0.1) is 6.92 Å². The molecular weight excluding hydrogens is 346 g/mol. The fourth-order valence-electron chi connectivity index (χ4n) is 2.69. The number of nitrogens with zero attached hydrogens (tertiary/aromatic N) is 4. The van der Waals surface area contributed by atoms with Gasteiger partial charge in [0.1, 0.15) is 0 Å². The van der Waals surface area contributed by atoms with Crippen molar-refractivity contribution in [3.05, 3.63) is 65.9 Å². The fraction of sp³-hybridized carbons (Fsp3) is 0.0526. The van der Waals surface area contributed by atoms with Crippen LogP contribution in [0.4, 0.5) is 5.95 Å². The quantitative estimate of drug-likeness (QED) is 0.484. The van der Waals surface area contributed by atoms with Crippen molar-refractivity contribution in [2.45, 2.75) is 6.92 Å². The van der Waals surface area contributed by atoms with Crippen LogP contribution >= 0.6 is 0 Å². The zero-order valence-electron chi connectivity index (χ0n) is 14.3. The first-order valence-electron chi connectivity index (χ1n) is 8.14. The van der Waals surface area contributed by atoms with Gasteiger partial charge in [-0.1, -0.05) is 30.3 Å². The number of aryl methyl sites for hydroxylation is 1. The van der Waals surface area contributed by atoms with E-state index in [0.29, 0.717) is 5.78 Å². The molecule has 27 heavy (non-hydrogen) atoms. The van der Waals surface area contributed by atoms with E-state index < -0.39 is 5.91 Å². The number of nitrogens with one attached hydrogen (secondary N) is 1. The molecule has 8 nitrogen and oxygen atoms in total. The SMILES string of the molecule is Cc1cc(-c2ccccc2)n2nc(NC(=O)c3ccc(O)c(O)c3)nc2n1. The Balaban J connectivity index is 1.71. The van der Waals surface area contributed by atoms with Crippen LogP contribution in [0.25, 0.3) is 17.0 Å². The highest BCUT2D eigenvalue weighted by atomic mass is 16.3. The minimum atomic E-state index is -0.515. The Morgan fingerprint density at radius 2 is 1.78 bits per heavy atom. The standard InChI is InChI=1S/C19H15N5O3/c1-11-9-14(12-5-3-2-4-6-12)24-19(20-11)22-18(23-24)21-17(27)13-7-8-15(25)16(26)10-13/h2-10,25-26H,1H3,(H,21,23,27). The summed E-state index contributed by atoms with van der Waals surface area (Å²) in [6, 6.07) is 15.4. The number of anilines is 1. The Labute approximate surface area is 153 Å². The molecule has 4 rings (SSSR count). The summed E-state index contributed by atoms with van der Waals surface area (Å²) < 4.78 is 1.56. The molecule has 1 amide bonds. The molecule has 4 aromatic rings. The maximum atomic E-state index is 12.4. The van der Waals surface area contributed by atoms with Crippen molar-refractivity contribution in [1.82, 2.24) is 19.6 Å². The van der Waals surface area contributed by atoms with Crippen molar-refractivity contribution in [2.24, 2.45) is 0 Å². The number of fused-ring (bicyclic) bond motifs is 1.